The van der Waals surface area contributed by atoms with Crippen molar-refractivity contribution in [2.45, 2.75) is 0 Å². The van der Waals surface area contributed by atoms with Gasteiger partial charge in [0.15, 0.2) is 23.3 Å². The van der Waals surface area contributed by atoms with Crippen LogP contribution in [0.3, 0.4) is 0 Å². The van der Waals surface area contributed by atoms with Crippen LogP contribution >= 0.6 is 15.9 Å². The van der Waals surface area contributed by atoms with Gasteiger partial charge < -0.3 is 11.1 Å². The van der Waals surface area contributed by atoms with Gasteiger partial charge in [0.05, 0.1) is 0 Å². The number of nitrogen functional groups attached to an aromatic ring is 1. The summed E-state index contributed by atoms with van der Waals surface area (Å²) >= 11 is 3.40. The average Bonchev–Trinajstić information content (AvgIpc) is 2.45. The number of fused-ring (bicyclic) bond motifs is 1. The first-order valence-electron chi connectivity index (χ1n) is 6.11. The van der Waals surface area contributed by atoms with Crippen LogP contribution in [0.4, 0.5) is 26.1 Å². The van der Waals surface area contributed by atoms with Gasteiger partial charge in [-0.2, -0.15) is 0 Å². The minimum absolute atomic E-state index is 0.106. The van der Waals surface area contributed by atoms with Gasteiger partial charge in [-0.15, -0.1) is 0 Å². The van der Waals surface area contributed by atoms with E-state index in [9.17, 15) is 8.78 Å². The highest BCUT2D eigenvalue weighted by Gasteiger charge is 2.10. The van der Waals surface area contributed by atoms with Crippen LogP contribution in [-0.4, -0.2) is 4.98 Å². The topological polar surface area (TPSA) is 50.9 Å². The molecule has 21 heavy (non-hydrogen) atoms. The Morgan fingerprint density at radius 2 is 1.67 bits per heavy atom. The van der Waals surface area contributed by atoms with E-state index in [4.69, 9.17) is 5.73 Å². The highest BCUT2D eigenvalue weighted by molar-refractivity contribution is 9.10. The largest absolute Gasteiger partial charge is 0.381 e. The Bertz CT molecular complexity index is 837. The van der Waals surface area contributed by atoms with Gasteiger partial charge in [0.1, 0.15) is 0 Å². The SMILES string of the molecule is Nc1nc(Nc2ccc3cc(Br)ccc3c2)c(F)cc1F. The summed E-state index contributed by atoms with van der Waals surface area (Å²) in [4.78, 5) is 3.67. The number of nitrogens with zero attached hydrogens (tertiary/aromatic N) is 1. The molecule has 0 aliphatic rings. The van der Waals surface area contributed by atoms with E-state index in [-0.39, 0.29) is 11.6 Å². The van der Waals surface area contributed by atoms with Crippen LogP contribution in [0.15, 0.2) is 46.9 Å². The van der Waals surface area contributed by atoms with E-state index in [1.54, 1.807) is 6.07 Å². The smallest absolute Gasteiger partial charge is 0.169 e. The molecule has 0 aliphatic heterocycles. The minimum atomic E-state index is -0.874. The number of rotatable bonds is 2. The number of nitrogens with two attached hydrogens (primary N) is 1. The van der Waals surface area contributed by atoms with Crippen LogP contribution in [0.25, 0.3) is 10.8 Å². The molecule has 3 aromatic rings. The van der Waals surface area contributed by atoms with Gasteiger partial charge >= 0.3 is 0 Å². The molecule has 0 unspecified atom stereocenters. The molecule has 0 amide bonds. The van der Waals surface area contributed by atoms with Crippen molar-refractivity contribution in [2.24, 2.45) is 0 Å². The quantitative estimate of drug-likeness (QED) is 0.710. The summed E-state index contributed by atoms with van der Waals surface area (Å²) in [5.74, 6) is -2.12. The molecule has 0 spiro atoms. The summed E-state index contributed by atoms with van der Waals surface area (Å²) < 4.78 is 27.7. The van der Waals surface area contributed by atoms with Gasteiger partial charge in [-0.3, -0.25) is 0 Å². The van der Waals surface area contributed by atoms with Crippen molar-refractivity contribution < 1.29 is 8.78 Å². The number of aromatic nitrogens is 1. The summed E-state index contributed by atoms with van der Waals surface area (Å²) in [7, 11) is 0. The fourth-order valence-electron chi connectivity index (χ4n) is 2.00. The lowest BCUT2D eigenvalue weighted by Gasteiger charge is -2.09. The molecule has 0 saturated carbocycles. The normalized spacial score (nSPS) is 10.8. The van der Waals surface area contributed by atoms with Crippen LogP contribution in [0, 0.1) is 11.6 Å². The third-order valence-corrected chi connectivity index (χ3v) is 3.51. The maximum Gasteiger partial charge on any atom is 0.169 e. The highest BCUT2D eigenvalue weighted by Crippen LogP contribution is 2.26. The van der Waals surface area contributed by atoms with Crippen molar-refractivity contribution in [1.29, 1.82) is 0 Å². The lowest BCUT2D eigenvalue weighted by Crippen LogP contribution is -2.03. The fraction of sp³-hybridized carbons (Fsp3) is 0. The molecule has 6 heteroatoms. The number of pyridine rings is 1. The highest BCUT2D eigenvalue weighted by atomic mass is 79.9. The molecular formula is C15H10BrF2N3. The molecule has 106 valence electrons. The summed E-state index contributed by atoms with van der Waals surface area (Å²) in [6.45, 7) is 0. The van der Waals surface area contributed by atoms with Crippen LogP contribution in [0.1, 0.15) is 0 Å². The van der Waals surface area contributed by atoms with Crippen LogP contribution < -0.4 is 11.1 Å². The Kier molecular flexibility index (Phi) is 3.47. The standard InChI is InChI=1S/C15H10BrF2N3/c16-10-3-1-9-6-11(4-2-8(9)5-10)20-15-13(18)7-12(17)14(19)21-15/h1-7H,(H3,19,20,21). The molecule has 0 atom stereocenters. The number of benzene rings is 2. The van der Waals surface area contributed by atoms with Gasteiger partial charge in [-0.1, -0.05) is 28.1 Å². The fourth-order valence-corrected chi connectivity index (χ4v) is 2.38. The van der Waals surface area contributed by atoms with E-state index < -0.39 is 11.6 Å². The molecular weight excluding hydrogens is 340 g/mol. The van der Waals surface area contributed by atoms with Crippen molar-refractivity contribution in [2.75, 3.05) is 11.1 Å². The number of hydrogen-bond acceptors (Lipinski definition) is 3. The van der Waals surface area contributed by atoms with Crippen LogP contribution in [0.5, 0.6) is 0 Å². The molecule has 0 bridgehead atoms. The van der Waals surface area contributed by atoms with E-state index in [0.717, 1.165) is 15.2 Å². The van der Waals surface area contributed by atoms with Crippen molar-refractivity contribution in [3.8, 4) is 0 Å². The third kappa shape index (κ3) is 2.80. The molecule has 3 rings (SSSR count). The van der Waals surface area contributed by atoms with Crippen molar-refractivity contribution in [3.63, 3.8) is 0 Å². The zero-order valence-electron chi connectivity index (χ0n) is 10.7. The zero-order valence-corrected chi connectivity index (χ0v) is 12.3. The molecule has 3 N–H and O–H groups in total. The Hall–Kier alpha value is -2.21. The molecule has 0 fully saturated rings. The Labute approximate surface area is 127 Å². The molecule has 1 heterocycles. The first-order chi connectivity index (χ1) is 10.0. The average molecular weight is 350 g/mol. The number of nitrogens with one attached hydrogen (secondary N) is 1. The first kappa shape index (κ1) is 13.8. The zero-order chi connectivity index (χ0) is 15.0. The van der Waals surface area contributed by atoms with Crippen LogP contribution in [0.2, 0.25) is 0 Å². The van der Waals surface area contributed by atoms with E-state index in [0.29, 0.717) is 11.8 Å². The minimum Gasteiger partial charge on any atom is -0.381 e. The number of halogens is 3. The summed E-state index contributed by atoms with van der Waals surface area (Å²) in [5, 5.41) is 4.83. The summed E-state index contributed by atoms with van der Waals surface area (Å²) in [6.07, 6.45) is 0. The van der Waals surface area contributed by atoms with E-state index in [1.807, 2.05) is 30.3 Å². The third-order valence-electron chi connectivity index (χ3n) is 3.02. The molecule has 0 radical (unpaired) electrons. The Balaban J connectivity index is 1.98. The summed E-state index contributed by atoms with van der Waals surface area (Å²) in [5.41, 5.74) is 5.99. The molecule has 2 aromatic carbocycles. The Morgan fingerprint density at radius 3 is 2.48 bits per heavy atom. The van der Waals surface area contributed by atoms with Gasteiger partial charge in [0.25, 0.3) is 0 Å². The molecule has 0 aliphatic carbocycles. The lowest BCUT2D eigenvalue weighted by molar-refractivity contribution is 0.581. The second kappa shape index (κ2) is 5.29. The maximum atomic E-state index is 13.7. The monoisotopic (exact) mass is 349 g/mol. The predicted molar refractivity (Wildman–Crippen MR) is 83.5 cm³/mol. The molecule has 3 nitrogen and oxygen atoms in total. The lowest BCUT2D eigenvalue weighted by atomic mass is 10.1. The van der Waals surface area contributed by atoms with Gasteiger partial charge in [0, 0.05) is 16.2 Å². The van der Waals surface area contributed by atoms with E-state index in [2.05, 4.69) is 26.2 Å². The van der Waals surface area contributed by atoms with Crippen molar-refractivity contribution in [1.82, 2.24) is 4.98 Å². The van der Waals surface area contributed by atoms with Crippen molar-refractivity contribution >= 4 is 44.0 Å². The molecule has 1 aromatic heterocycles. The number of anilines is 3. The van der Waals surface area contributed by atoms with Crippen LogP contribution in [-0.2, 0) is 0 Å². The van der Waals surface area contributed by atoms with Crippen molar-refractivity contribution in [3.05, 3.63) is 58.6 Å². The van der Waals surface area contributed by atoms with Gasteiger partial charge in [-0.25, -0.2) is 13.8 Å². The van der Waals surface area contributed by atoms with Gasteiger partial charge in [-0.05, 0) is 35.0 Å². The number of hydrogen-bond donors (Lipinski definition) is 2. The second-order valence-electron chi connectivity index (χ2n) is 4.52. The maximum absolute atomic E-state index is 13.7. The van der Waals surface area contributed by atoms with E-state index >= 15 is 0 Å². The Morgan fingerprint density at radius 1 is 0.952 bits per heavy atom. The predicted octanol–water partition coefficient (Wildman–Crippen LogP) is 4.60. The van der Waals surface area contributed by atoms with E-state index in [1.165, 1.54) is 0 Å². The second-order valence-corrected chi connectivity index (χ2v) is 5.43. The molecule has 0 saturated heterocycles. The van der Waals surface area contributed by atoms with Gasteiger partial charge in [0.2, 0.25) is 0 Å². The first-order valence-corrected chi connectivity index (χ1v) is 6.90. The summed E-state index contributed by atoms with van der Waals surface area (Å²) in [6, 6.07) is 12.1.